The predicted octanol–water partition coefficient (Wildman–Crippen LogP) is 0.263. The SMILES string of the molecule is CC(C(N)=O)c1cnco1. The molecule has 0 radical (unpaired) electrons. The first-order chi connectivity index (χ1) is 4.72. The molecule has 0 saturated heterocycles. The van der Waals surface area contributed by atoms with Crippen LogP contribution >= 0.6 is 0 Å². The monoisotopic (exact) mass is 140 g/mol. The van der Waals surface area contributed by atoms with Crippen LogP contribution in [-0.2, 0) is 4.79 Å². The molecule has 0 aliphatic carbocycles. The Morgan fingerprint density at radius 3 is 3.00 bits per heavy atom. The topological polar surface area (TPSA) is 69.1 Å². The van der Waals surface area contributed by atoms with E-state index < -0.39 is 5.91 Å². The van der Waals surface area contributed by atoms with E-state index in [1.54, 1.807) is 6.92 Å². The van der Waals surface area contributed by atoms with Crippen molar-refractivity contribution in [3.63, 3.8) is 0 Å². The molecule has 54 valence electrons. The molecular formula is C6H8N2O2. The molecule has 0 aliphatic rings. The van der Waals surface area contributed by atoms with Crippen LogP contribution in [0.5, 0.6) is 0 Å². The number of hydrogen-bond donors (Lipinski definition) is 1. The van der Waals surface area contributed by atoms with E-state index in [1.807, 2.05) is 0 Å². The zero-order chi connectivity index (χ0) is 7.56. The summed E-state index contributed by atoms with van der Waals surface area (Å²) in [5.41, 5.74) is 5.00. The van der Waals surface area contributed by atoms with Gasteiger partial charge in [0.2, 0.25) is 5.91 Å². The van der Waals surface area contributed by atoms with Crippen LogP contribution in [-0.4, -0.2) is 10.9 Å². The maximum atomic E-state index is 10.5. The van der Waals surface area contributed by atoms with Crippen LogP contribution in [0.2, 0.25) is 0 Å². The van der Waals surface area contributed by atoms with Crippen molar-refractivity contribution in [1.29, 1.82) is 0 Å². The quantitative estimate of drug-likeness (QED) is 0.640. The van der Waals surface area contributed by atoms with Gasteiger partial charge in [-0.15, -0.1) is 0 Å². The molecule has 10 heavy (non-hydrogen) atoms. The van der Waals surface area contributed by atoms with Gasteiger partial charge in [-0.2, -0.15) is 0 Å². The standard InChI is InChI=1S/C6H8N2O2/c1-4(6(7)9)5-2-8-3-10-5/h2-4H,1H3,(H2,7,9). The molecule has 1 aromatic rings. The number of carbonyl (C=O) groups excluding carboxylic acids is 1. The molecule has 0 fully saturated rings. The first-order valence-corrected chi connectivity index (χ1v) is 2.89. The summed E-state index contributed by atoms with van der Waals surface area (Å²) in [6, 6.07) is 0. The van der Waals surface area contributed by atoms with Gasteiger partial charge in [0.25, 0.3) is 0 Å². The lowest BCUT2D eigenvalue weighted by atomic mass is 10.1. The van der Waals surface area contributed by atoms with Gasteiger partial charge >= 0.3 is 0 Å². The second kappa shape index (κ2) is 2.51. The number of aromatic nitrogens is 1. The smallest absolute Gasteiger partial charge is 0.227 e. The number of amides is 1. The Kier molecular flexibility index (Phi) is 1.71. The normalized spacial score (nSPS) is 12.9. The Morgan fingerprint density at radius 2 is 2.60 bits per heavy atom. The highest BCUT2D eigenvalue weighted by atomic mass is 16.3. The number of rotatable bonds is 2. The van der Waals surface area contributed by atoms with E-state index in [0.29, 0.717) is 5.76 Å². The molecule has 1 rings (SSSR count). The van der Waals surface area contributed by atoms with Crippen LogP contribution in [0.4, 0.5) is 0 Å². The Hall–Kier alpha value is -1.32. The summed E-state index contributed by atoms with van der Waals surface area (Å²) in [6.07, 6.45) is 2.75. The van der Waals surface area contributed by atoms with Gasteiger partial charge in [-0.3, -0.25) is 4.79 Å². The fourth-order valence-corrected chi connectivity index (χ4v) is 0.580. The summed E-state index contributed by atoms with van der Waals surface area (Å²) >= 11 is 0. The van der Waals surface area contributed by atoms with Crippen molar-refractivity contribution in [3.8, 4) is 0 Å². The Labute approximate surface area is 58.0 Å². The highest BCUT2D eigenvalue weighted by molar-refractivity contribution is 5.80. The third-order valence-corrected chi connectivity index (χ3v) is 1.30. The first kappa shape index (κ1) is 6.80. The van der Waals surface area contributed by atoms with Crippen LogP contribution in [0.1, 0.15) is 18.6 Å². The fraction of sp³-hybridized carbons (Fsp3) is 0.333. The maximum absolute atomic E-state index is 10.5. The number of nitrogens with zero attached hydrogens (tertiary/aromatic N) is 1. The maximum Gasteiger partial charge on any atom is 0.227 e. The third kappa shape index (κ3) is 1.15. The van der Waals surface area contributed by atoms with E-state index in [9.17, 15) is 4.79 Å². The van der Waals surface area contributed by atoms with Crippen molar-refractivity contribution < 1.29 is 9.21 Å². The molecular weight excluding hydrogens is 132 g/mol. The number of carbonyl (C=O) groups is 1. The van der Waals surface area contributed by atoms with Gasteiger partial charge in [0, 0.05) is 0 Å². The average Bonchev–Trinajstić information content (AvgIpc) is 2.36. The highest BCUT2D eigenvalue weighted by Crippen LogP contribution is 2.11. The molecule has 4 heteroatoms. The van der Waals surface area contributed by atoms with E-state index in [0.717, 1.165) is 0 Å². The molecule has 0 saturated carbocycles. The summed E-state index contributed by atoms with van der Waals surface area (Å²) in [6.45, 7) is 1.67. The summed E-state index contributed by atoms with van der Waals surface area (Å²) in [7, 11) is 0. The Bertz CT molecular complexity index is 218. The molecule has 0 aliphatic heterocycles. The summed E-state index contributed by atoms with van der Waals surface area (Å²) in [4.78, 5) is 14.2. The molecule has 1 atom stereocenters. The lowest BCUT2D eigenvalue weighted by Gasteiger charge is -1.99. The van der Waals surface area contributed by atoms with Crippen LogP contribution in [0.15, 0.2) is 17.0 Å². The minimum absolute atomic E-state index is 0.387. The largest absolute Gasteiger partial charge is 0.448 e. The van der Waals surface area contributed by atoms with E-state index >= 15 is 0 Å². The van der Waals surface area contributed by atoms with E-state index in [4.69, 9.17) is 10.2 Å². The van der Waals surface area contributed by atoms with Crippen molar-refractivity contribution in [3.05, 3.63) is 18.4 Å². The van der Waals surface area contributed by atoms with Crippen molar-refractivity contribution in [2.75, 3.05) is 0 Å². The number of oxazole rings is 1. The molecule has 2 N–H and O–H groups in total. The number of hydrogen-bond acceptors (Lipinski definition) is 3. The molecule has 0 bridgehead atoms. The summed E-state index contributed by atoms with van der Waals surface area (Å²) < 4.78 is 4.84. The molecule has 1 unspecified atom stereocenters. The van der Waals surface area contributed by atoms with Crippen LogP contribution < -0.4 is 5.73 Å². The second-order valence-corrected chi connectivity index (χ2v) is 2.03. The molecule has 1 aromatic heterocycles. The molecule has 1 heterocycles. The molecule has 0 aromatic carbocycles. The van der Waals surface area contributed by atoms with Crippen LogP contribution in [0, 0.1) is 0 Å². The number of primary amides is 1. The van der Waals surface area contributed by atoms with Gasteiger partial charge in [-0.1, -0.05) is 0 Å². The van der Waals surface area contributed by atoms with E-state index in [2.05, 4.69) is 4.98 Å². The van der Waals surface area contributed by atoms with Crippen LogP contribution in [0.3, 0.4) is 0 Å². The third-order valence-electron chi connectivity index (χ3n) is 1.30. The van der Waals surface area contributed by atoms with E-state index in [1.165, 1.54) is 12.6 Å². The minimum atomic E-state index is -0.406. The summed E-state index contributed by atoms with van der Waals surface area (Å²) in [5, 5.41) is 0. The molecule has 4 nitrogen and oxygen atoms in total. The van der Waals surface area contributed by atoms with Crippen LogP contribution in [0.25, 0.3) is 0 Å². The average molecular weight is 140 g/mol. The van der Waals surface area contributed by atoms with Crippen molar-refractivity contribution in [2.45, 2.75) is 12.8 Å². The zero-order valence-electron chi connectivity index (χ0n) is 5.57. The van der Waals surface area contributed by atoms with Gasteiger partial charge in [0.1, 0.15) is 5.76 Å². The lowest BCUT2D eigenvalue weighted by Crippen LogP contribution is -2.18. The van der Waals surface area contributed by atoms with Crippen molar-refractivity contribution in [1.82, 2.24) is 4.98 Å². The lowest BCUT2D eigenvalue weighted by molar-refractivity contribution is -0.119. The van der Waals surface area contributed by atoms with Gasteiger partial charge in [-0.25, -0.2) is 4.98 Å². The van der Waals surface area contributed by atoms with Crippen molar-refractivity contribution >= 4 is 5.91 Å². The first-order valence-electron chi connectivity index (χ1n) is 2.89. The second-order valence-electron chi connectivity index (χ2n) is 2.03. The Morgan fingerprint density at radius 1 is 1.90 bits per heavy atom. The Balaban J connectivity index is 2.77. The molecule has 1 amide bonds. The van der Waals surface area contributed by atoms with E-state index in [-0.39, 0.29) is 5.92 Å². The fourth-order valence-electron chi connectivity index (χ4n) is 0.580. The molecule has 0 spiro atoms. The minimum Gasteiger partial charge on any atom is -0.448 e. The van der Waals surface area contributed by atoms with Gasteiger partial charge in [-0.05, 0) is 6.92 Å². The van der Waals surface area contributed by atoms with Gasteiger partial charge in [0.05, 0.1) is 12.1 Å². The highest BCUT2D eigenvalue weighted by Gasteiger charge is 2.13. The number of nitrogens with two attached hydrogens (primary N) is 1. The van der Waals surface area contributed by atoms with Crippen molar-refractivity contribution in [2.24, 2.45) is 5.73 Å². The zero-order valence-corrected chi connectivity index (χ0v) is 5.57. The van der Waals surface area contributed by atoms with Gasteiger partial charge in [0.15, 0.2) is 6.39 Å². The summed E-state index contributed by atoms with van der Waals surface area (Å²) in [5.74, 6) is -0.285. The predicted molar refractivity (Wildman–Crippen MR) is 34.1 cm³/mol. The van der Waals surface area contributed by atoms with Gasteiger partial charge < -0.3 is 10.2 Å².